The minimum Gasteiger partial charge on any atom is -0.477 e. The Morgan fingerprint density at radius 3 is 2.75 bits per heavy atom. The highest BCUT2D eigenvalue weighted by Crippen LogP contribution is 2.34. The van der Waals surface area contributed by atoms with E-state index in [1.165, 1.54) is 6.07 Å². The third-order valence-electron chi connectivity index (χ3n) is 3.00. The van der Waals surface area contributed by atoms with Gasteiger partial charge in [-0.05, 0) is 30.3 Å². The Bertz CT molecular complexity index is 762. The molecule has 0 aliphatic carbocycles. The lowest BCUT2D eigenvalue weighted by Gasteiger charge is -1.98. The molecule has 0 saturated carbocycles. The summed E-state index contributed by atoms with van der Waals surface area (Å²) in [5.74, 6) is -1.29. The van der Waals surface area contributed by atoms with E-state index in [2.05, 4.69) is 10.3 Å². The van der Waals surface area contributed by atoms with Gasteiger partial charge in [0.2, 0.25) is 0 Å². The molecular formula is C14H9ClN2O3. The number of H-pyrrole nitrogens is 1. The number of carbonyl (C=O) groups excluding carboxylic acids is 1. The van der Waals surface area contributed by atoms with Crippen molar-refractivity contribution in [1.82, 2.24) is 4.98 Å². The zero-order valence-corrected chi connectivity index (χ0v) is 10.9. The molecule has 5 nitrogen and oxygen atoms in total. The smallest absolute Gasteiger partial charge is 0.352 e. The number of halogens is 1. The van der Waals surface area contributed by atoms with Crippen molar-refractivity contribution in [2.24, 2.45) is 0 Å². The van der Waals surface area contributed by atoms with Crippen LogP contribution in [0.3, 0.4) is 0 Å². The molecule has 6 heteroatoms. The second-order valence-corrected chi connectivity index (χ2v) is 4.77. The number of carboxylic acid groups (broad SMARTS) is 1. The molecule has 0 bridgehead atoms. The molecule has 1 aliphatic rings. The van der Waals surface area contributed by atoms with Crippen molar-refractivity contribution in [3.05, 3.63) is 52.3 Å². The number of amides is 1. The van der Waals surface area contributed by atoms with Gasteiger partial charge in [-0.2, -0.15) is 0 Å². The van der Waals surface area contributed by atoms with Crippen LogP contribution < -0.4 is 5.32 Å². The molecule has 20 heavy (non-hydrogen) atoms. The maximum absolute atomic E-state index is 11.9. The Balaban J connectivity index is 2.03. The molecule has 0 fully saturated rings. The van der Waals surface area contributed by atoms with E-state index in [1.807, 2.05) is 0 Å². The number of hydrogen-bond donors (Lipinski definition) is 3. The van der Waals surface area contributed by atoms with Crippen molar-refractivity contribution in [3.63, 3.8) is 0 Å². The molecule has 1 aromatic carbocycles. The molecular weight excluding hydrogens is 280 g/mol. The number of aromatic carboxylic acids is 1. The normalized spacial score (nSPS) is 15.2. The van der Waals surface area contributed by atoms with Crippen LogP contribution in [0.1, 0.15) is 21.7 Å². The monoisotopic (exact) mass is 288 g/mol. The third-order valence-corrected chi connectivity index (χ3v) is 3.24. The summed E-state index contributed by atoms with van der Waals surface area (Å²) in [6, 6.07) is 8.18. The first kappa shape index (κ1) is 12.5. The molecule has 0 saturated heterocycles. The molecule has 0 spiro atoms. The predicted octanol–water partition coefficient (Wildman–Crippen LogP) is 2.86. The summed E-state index contributed by atoms with van der Waals surface area (Å²) >= 11 is 5.87. The van der Waals surface area contributed by atoms with E-state index in [9.17, 15) is 9.59 Å². The topological polar surface area (TPSA) is 82.2 Å². The number of fused-ring (bicyclic) bond motifs is 1. The minimum atomic E-state index is -1.04. The van der Waals surface area contributed by atoms with Crippen molar-refractivity contribution >= 4 is 40.8 Å². The molecule has 2 aromatic rings. The standard InChI is InChI=1S/C14H9ClN2O3/c15-7-1-3-9-10(13(18)17-12(9)5-7)6-8-2-4-11(16-8)14(19)20/h1-6,16H,(H,17,18)(H,19,20). The van der Waals surface area contributed by atoms with Gasteiger partial charge in [-0.1, -0.05) is 17.7 Å². The molecule has 1 amide bonds. The Kier molecular flexibility index (Phi) is 2.84. The summed E-state index contributed by atoms with van der Waals surface area (Å²) in [5.41, 5.74) is 2.49. The number of carboxylic acids is 1. The van der Waals surface area contributed by atoms with Crippen LogP contribution in [0.25, 0.3) is 11.6 Å². The van der Waals surface area contributed by atoms with Crippen LogP contribution in [-0.2, 0) is 4.79 Å². The van der Waals surface area contributed by atoms with Gasteiger partial charge in [0.05, 0.1) is 11.3 Å². The summed E-state index contributed by atoms with van der Waals surface area (Å²) in [6.07, 6.45) is 1.61. The van der Waals surface area contributed by atoms with Crippen molar-refractivity contribution in [2.45, 2.75) is 0 Å². The van der Waals surface area contributed by atoms with Gasteiger partial charge in [0.15, 0.2) is 0 Å². The fourth-order valence-electron chi connectivity index (χ4n) is 2.09. The predicted molar refractivity (Wildman–Crippen MR) is 75.7 cm³/mol. The summed E-state index contributed by atoms with van der Waals surface area (Å²) in [6.45, 7) is 0. The van der Waals surface area contributed by atoms with Gasteiger partial charge in [0, 0.05) is 16.3 Å². The average Bonchev–Trinajstić information content (AvgIpc) is 2.96. The van der Waals surface area contributed by atoms with Crippen molar-refractivity contribution in [3.8, 4) is 0 Å². The number of aromatic amines is 1. The molecule has 100 valence electrons. The zero-order chi connectivity index (χ0) is 14.3. The highest BCUT2D eigenvalue weighted by molar-refractivity contribution is 6.36. The van der Waals surface area contributed by atoms with E-state index in [-0.39, 0.29) is 11.6 Å². The lowest BCUT2D eigenvalue weighted by atomic mass is 10.1. The number of carbonyl (C=O) groups is 2. The second kappa shape index (κ2) is 4.54. The van der Waals surface area contributed by atoms with Crippen LogP contribution in [-0.4, -0.2) is 22.0 Å². The number of anilines is 1. The summed E-state index contributed by atoms with van der Waals surface area (Å²) in [7, 11) is 0. The van der Waals surface area contributed by atoms with Crippen LogP contribution in [0.2, 0.25) is 5.02 Å². The van der Waals surface area contributed by atoms with Gasteiger partial charge in [-0.15, -0.1) is 0 Å². The zero-order valence-electron chi connectivity index (χ0n) is 10.1. The number of hydrogen-bond acceptors (Lipinski definition) is 2. The van der Waals surface area contributed by atoms with E-state index < -0.39 is 5.97 Å². The molecule has 1 aliphatic heterocycles. The lowest BCUT2D eigenvalue weighted by molar-refractivity contribution is -0.110. The Morgan fingerprint density at radius 2 is 2.05 bits per heavy atom. The van der Waals surface area contributed by atoms with Gasteiger partial charge in [0.1, 0.15) is 5.69 Å². The first-order valence-electron chi connectivity index (χ1n) is 5.80. The fraction of sp³-hybridized carbons (Fsp3) is 0. The van der Waals surface area contributed by atoms with Crippen LogP contribution >= 0.6 is 11.6 Å². The minimum absolute atomic E-state index is 0.0755. The highest BCUT2D eigenvalue weighted by Gasteiger charge is 2.24. The van der Waals surface area contributed by atoms with Crippen LogP contribution in [0.4, 0.5) is 5.69 Å². The molecule has 0 unspecified atom stereocenters. The second-order valence-electron chi connectivity index (χ2n) is 4.33. The number of aromatic nitrogens is 1. The van der Waals surface area contributed by atoms with E-state index in [0.29, 0.717) is 22.0 Å². The SMILES string of the molecule is O=C1Nc2cc(Cl)ccc2C1=Cc1ccc(C(=O)O)[nH]1. The average molecular weight is 289 g/mol. The van der Waals surface area contributed by atoms with E-state index >= 15 is 0 Å². The van der Waals surface area contributed by atoms with Gasteiger partial charge < -0.3 is 15.4 Å². The summed E-state index contributed by atoms with van der Waals surface area (Å²) < 4.78 is 0. The maximum atomic E-state index is 11.9. The van der Waals surface area contributed by atoms with E-state index in [0.717, 1.165) is 5.56 Å². The first-order chi connectivity index (χ1) is 9.54. The van der Waals surface area contributed by atoms with E-state index in [1.54, 1.807) is 30.3 Å². The third kappa shape index (κ3) is 2.08. The van der Waals surface area contributed by atoms with Gasteiger partial charge in [-0.25, -0.2) is 4.79 Å². The van der Waals surface area contributed by atoms with E-state index in [4.69, 9.17) is 16.7 Å². The van der Waals surface area contributed by atoms with Crippen LogP contribution in [0.5, 0.6) is 0 Å². The van der Waals surface area contributed by atoms with Crippen LogP contribution in [0.15, 0.2) is 30.3 Å². The Hall–Kier alpha value is -2.53. The van der Waals surface area contributed by atoms with Crippen molar-refractivity contribution in [1.29, 1.82) is 0 Å². The maximum Gasteiger partial charge on any atom is 0.352 e. The Morgan fingerprint density at radius 1 is 1.25 bits per heavy atom. The Labute approximate surface area is 118 Å². The largest absolute Gasteiger partial charge is 0.477 e. The fourth-order valence-corrected chi connectivity index (χ4v) is 2.26. The summed E-state index contributed by atoms with van der Waals surface area (Å²) in [4.78, 5) is 25.5. The van der Waals surface area contributed by atoms with Gasteiger partial charge >= 0.3 is 5.97 Å². The number of rotatable bonds is 2. The molecule has 2 heterocycles. The lowest BCUT2D eigenvalue weighted by Crippen LogP contribution is -2.03. The molecule has 0 radical (unpaired) electrons. The van der Waals surface area contributed by atoms with Gasteiger partial charge in [-0.3, -0.25) is 4.79 Å². The molecule has 3 rings (SSSR count). The molecule has 0 atom stereocenters. The van der Waals surface area contributed by atoms with Crippen molar-refractivity contribution < 1.29 is 14.7 Å². The van der Waals surface area contributed by atoms with Crippen LogP contribution in [0, 0.1) is 0 Å². The number of benzene rings is 1. The number of nitrogens with one attached hydrogen (secondary N) is 2. The van der Waals surface area contributed by atoms with Gasteiger partial charge in [0.25, 0.3) is 5.91 Å². The molecule has 1 aromatic heterocycles. The first-order valence-corrected chi connectivity index (χ1v) is 6.17. The molecule has 3 N–H and O–H groups in total. The summed E-state index contributed by atoms with van der Waals surface area (Å²) in [5, 5.41) is 12.1. The highest BCUT2D eigenvalue weighted by atomic mass is 35.5. The quantitative estimate of drug-likeness (QED) is 0.743. The van der Waals surface area contributed by atoms with Crippen molar-refractivity contribution in [2.75, 3.05) is 5.32 Å².